The second kappa shape index (κ2) is 8.24. The molecule has 1 aromatic heterocycles. The van der Waals surface area contributed by atoms with Crippen LogP contribution in [0.2, 0.25) is 0 Å². The first-order chi connectivity index (χ1) is 13.2. The fourth-order valence-electron chi connectivity index (χ4n) is 4.54. The first-order valence-electron chi connectivity index (χ1n) is 10.1. The summed E-state index contributed by atoms with van der Waals surface area (Å²) in [5, 5.41) is 4.13. The summed E-state index contributed by atoms with van der Waals surface area (Å²) in [6.45, 7) is 5.85. The van der Waals surface area contributed by atoms with Gasteiger partial charge in [0, 0.05) is 39.8 Å². The van der Waals surface area contributed by atoms with Gasteiger partial charge in [0.2, 0.25) is 5.91 Å². The van der Waals surface area contributed by atoms with Gasteiger partial charge in [-0.25, -0.2) is 0 Å². The average molecular weight is 378 g/mol. The zero-order chi connectivity index (χ0) is 18.7. The third-order valence-electron chi connectivity index (χ3n) is 6.15. The SMILES string of the molecule is COCCCN1CC2(CCN(Cc3noc([C@H]4CCCO4)n3)CC2)CC1=O. The van der Waals surface area contributed by atoms with Crippen molar-refractivity contribution in [2.75, 3.05) is 46.5 Å². The second-order valence-electron chi connectivity index (χ2n) is 8.17. The van der Waals surface area contributed by atoms with E-state index in [2.05, 4.69) is 15.0 Å². The lowest BCUT2D eigenvalue weighted by atomic mass is 9.77. The molecular weight excluding hydrogens is 348 g/mol. The van der Waals surface area contributed by atoms with E-state index in [1.54, 1.807) is 7.11 Å². The van der Waals surface area contributed by atoms with E-state index in [4.69, 9.17) is 14.0 Å². The number of rotatable bonds is 7. The zero-order valence-corrected chi connectivity index (χ0v) is 16.2. The van der Waals surface area contributed by atoms with Gasteiger partial charge in [0.15, 0.2) is 5.82 Å². The zero-order valence-electron chi connectivity index (χ0n) is 16.2. The van der Waals surface area contributed by atoms with Crippen molar-refractivity contribution >= 4 is 5.91 Å². The van der Waals surface area contributed by atoms with Crippen LogP contribution < -0.4 is 0 Å². The summed E-state index contributed by atoms with van der Waals surface area (Å²) in [5.74, 6) is 1.66. The molecule has 0 unspecified atom stereocenters. The van der Waals surface area contributed by atoms with Gasteiger partial charge in [0.05, 0.1) is 6.54 Å². The molecule has 0 radical (unpaired) electrons. The molecule has 1 aromatic rings. The van der Waals surface area contributed by atoms with Crippen LogP contribution in [-0.4, -0.2) is 72.4 Å². The summed E-state index contributed by atoms with van der Waals surface area (Å²) >= 11 is 0. The lowest BCUT2D eigenvalue weighted by Crippen LogP contribution is -2.41. The minimum Gasteiger partial charge on any atom is -0.385 e. The maximum absolute atomic E-state index is 12.4. The molecular formula is C19H30N4O4. The molecule has 4 rings (SSSR count). The third-order valence-corrected chi connectivity index (χ3v) is 6.15. The summed E-state index contributed by atoms with van der Waals surface area (Å²) in [6, 6.07) is 0. The summed E-state index contributed by atoms with van der Waals surface area (Å²) in [6.07, 6.45) is 5.70. The number of carbonyl (C=O) groups excluding carboxylic acids is 1. The van der Waals surface area contributed by atoms with E-state index < -0.39 is 0 Å². The Balaban J connectivity index is 1.26. The van der Waals surface area contributed by atoms with Crippen LogP contribution in [0, 0.1) is 5.41 Å². The van der Waals surface area contributed by atoms with Gasteiger partial charge >= 0.3 is 0 Å². The molecule has 3 aliphatic rings. The van der Waals surface area contributed by atoms with Crippen LogP contribution in [-0.2, 0) is 20.8 Å². The molecule has 1 amide bonds. The van der Waals surface area contributed by atoms with Crippen molar-refractivity contribution in [2.45, 2.75) is 51.2 Å². The van der Waals surface area contributed by atoms with E-state index in [1.165, 1.54) is 0 Å². The number of aromatic nitrogens is 2. The van der Waals surface area contributed by atoms with Crippen LogP contribution in [0.4, 0.5) is 0 Å². The van der Waals surface area contributed by atoms with Gasteiger partial charge in [-0.15, -0.1) is 0 Å². The molecule has 1 atom stereocenters. The van der Waals surface area contributed by atoms with Crippen molar-refractivity contribution in [3.8, 4) is 0 Å². The van der Waals surface area contributed by atoms with Crippen molar-refractivity contribution in [3.05, 3.63) is 11.7 Å². The van der Waals surface area contributed by atoms with Crippen molar-refractivity contribution in [3.63, 3.8) is 0 Å². The monoisotopic (exact) mass is 378 g/mol. The van der Waals surface area contributed by atoms with Crippen LogP contribution in [0.25, 0.3) is 0 Å². The fraction of sp³-hybridized carbons (Fsp3) is 0.842. The molecule has 0 saturated carbocycles. The Kier molecular flexibility index (Phi) is 5.75. The highest BCUT2D eigenvalue weighted by atomic mass is 16.5. The molecule has 8 nitrogen and oxygen atoms in total. The number of ether oxygens (including phenoxy) is 2. The number of hydrogen-bond donors (Lipinski definition) is 0. The molecule has 4 heterocycles. The summed E-state index contributed by atoms with van der Waals surface area (Å²) < 4.78 is 16.1. The Morgan fingerprint density at radius 2 is 2.19 bits per heavy atom. The molecule has 150 valence electrons. The summed E-state index contributed by atoms with van der Waals surface area (Å²) in [5.41, 5.74) is 0.154. The summed E-state index contributed by atoms with van der Waals surface area (Å²) in [4.78, 5) is 21.3. The minimum absolute atomic E-state index is 0.0236. The standard InChI is InChI=1S/C19H30N4O4/c1-25-10-3-7-23-14-19(12-17(23)24)5-8-22(9-6-19)13-16-20-18(27-21-16)15-4-2-11-26-15/h15H,2-14H2,1H3/t15-/m1/s1. The lowest BCUT2D eigenvalue weighted by Gasteiger charge is -2.38. The van der Waals surface area contributed by atoms with Crippen LogP contribution in [0.3, 0.4) is 0 Å². The van der Waals surface area contributed by atoms with Crippen LogP contribution in [0.15, 0.2) is 4.52 Å². The Morgan fingerprint density at radius 3 is 2.93 bits per heavy atom. The van der Waals surface area contributed by atoms with E-state index in [-0.39, 0.29) is 11.5 Å². The lowest BCUT2D eigenvalue weighted by molar-refractivity contribution is -0.128. The van der Waals surface area contributed by atoms with Gasteiger partial charge in [-0.05, 0) is 50.6 Å². The molecule has 0 bridgehead atoms. The Hall–Kier alpha value is -1.51. The first-order valence-corrected chi connectivity index (χ1v) is 10.1. The van der Waals surface area contributed by atoms with Gasteiger partial charge < -0.3 is 18.9 Å². The number of hydrogen-bond acceptors (Lipinski definition) is 7. The molecule has 3 saturated heterocycles. The maximum Gasteiger partial charge on any atom is 0.255 e. The number of piperidine rings is 1. The molecule has 3 fully saturated rings. The summed E-state index contributed by atoms with van der Waals surface area (Å²) in [7, 11) is 1.70. The number of nitrogens with zero attached hydrogens (tertiary/aromatic N) is 4. The van der Waals surface area contributed by atoms with Crippen LogP contribution >= 0.6 is 0 Å². The second-order valence-corrected chi connectivity index (χ2v) is 8.17. The van der Waals surface area contributed by atoms with Gasteiger partial charge in [0.1, 0.15) is 6.10 Å². The fourth-order valence-corrected chi connectivity index (χ4v) is 4.54. The number of likely N-dealkylation sites (tertiary alicyclic amines) is 2. The van der Waals surface area contributed by atoms with Crippen molar-refractivity contribution in [2.24, 2.45) is 5.41 Å². The van der Waals surface area contributed by atoms with Gasteiger partial charge in [-0.3, -0.25) is 9.69 Å². The first kappa shape index (κ1) is 18.8. The Morgan fingerprint density at radius 1 is 1.33 bits per heavy atom. The normalized spacial score (nSPS) is 25.7. The molecule has 27 heavy (non-hydrogen) atoms. The smallest absolute Gasteiger partial charge is 0.255 e. The molecule has 0 aromatic carbocycles. The predicted octanol–water partition coefficient (Wildman–Crippen LogP) is 1.77. The van der Waals surface area contributed by atoms with E-state index in [0.717, 1.165) is 70.7 Å². The molecule has 8 heteroatoms. The highest BCUT2D eigenvalue weighted by molar-refractivity contribution is 5.79. The Bertz CT molecular complexity index is 635. The molecule has 1 spiro atoms. The minimum atomic E-state index is -0.0236. The van der Waals surface area contributed by atoms with Crippen LogP contribution in [0.1, 0.15) is 56.3 Å². The number of methoxy groups -OCH3 is 1. The topological polar surface area (TPSA) is 80.9 Å². The maximum atomic E-state index is 12.4. The predicted molar refractivity (Wildman–Crippen MR) is 96.9 cm³/mol. The molecule has 0 aliphatic carbocycles. The average Bonchev–Trinajstić information content (AvgIpc) is 3.39. The van der Waals surface area contributed by atoms with E-state index in [0.29, 0.717) is 31.4 Å². The molecule has 3 aliphatic heterocycles. The van der Waals surface area contributed by atoms with Gasteiger partial charge in [-0.1, -0.05) is 5.16 Å². The van der Waals surface area contributed by atoms with E-state index in [1.807, 2.05) is 4.90 Å². The van der Waals surface area contributed by atoms with Crippen molar-refractivity contribution in [1.82, 2.24) is 19.9 Å². The Labute approximate surface area is 160 Å². The highest BCUT2D eigenvalue weighted by Crippen LogP contribution is 2.41. The molecule has 0 N–H and O–H groups in total. The number of carbonyl (C=O) groups is 1. The van der Waals surface area contributed by atoms with Crippen molar-refractivity contribution < 1.29 is 18.8 Å². The van der Waals surface area contributed by atoms with Gasteiger partial charge in [0.25, 0.3) is 5.89 Å². The highest BCUT2D eigenvalue weighted by Gasteiger charge is 2.44. The van der Waals surface area contributed by atoms with E-state index >= 15 is 0 Å². The van der Waals surface area contributed by atoms with Gasteiger partial charge in [-0.2, -0.15) is 4.98 Å². The van der Waals surface area contributed by atoms with E-state index in [9.17, 15) is 4.79 Å². The third kappa shape index (κ3) is 4.33. The van der Waals surface area contributed by atoms with Crippen molar-refractivity contribution in [1.29, 1.82) is 0 Å². The number of amides is 1. The van der Waals surface area contributed by atoms with Crippen LogP contribution in [0.5, 0.6) is 0 Å². The largest absolute Gasteiger partial charge is 0.385 e. The quantitative estimate of drug-likeness (QED) is 0.669.